The van der Waals surface area contributed by atoms with Crippen LogP contribution in [0, 0.1) is 0 Å². The molecule has 0 unspecified atom stereocenters. The Morgan fingerprint density at radius 2 is 1.81 bits per heavy atom. The predicted octanol–water partition coefficient (Wildman–Crippen LogP) is 3.56. The molecule has 1 heterocycles. The Balaban J connectivity index is 1.97. The highest BCUT2D eigenvalue weighted by molar-refractivity contribution is 7.92. The maximum atomic E-state index is 13.8. The lowest BCUT2D eigenvalue weighted by molar-refractivity contribution is -0.140. The molecule has 2 amide bonds. The van der Waals surface area contributed by atoms with E-state index in [1.807, 2.05) is 13.8 Å². The molecule has 0 aromatic heterocycles. The van der Waals surface area contributed by atoms with Crippen molar-refractivity contribution in [3.05, 3.63) is 53.1 Å². The number of benzene rings is 2. The number of anilines is 1. The fraction of sp³-hybridized carbons (Fsp3) is 0.440. The fourth-order valence-electron chi connectivity index (χ4n) is 3.86. The van der Waals surface area contributed by atoms with Crippen LogP contribution in [0.15, 0.2) is 42.5 Å². The standard InChI is InChI=1S/C25H32ClN3O6S/c1-4-13-27-25(31)21(5-2)28(15-18-9-7-8-10-20(18)26)24(30)16-29(36(32,33)6-3)19-11-12-22-23(14-19)35-17-34-22/h7-12,14,21H,4-6,13,15-17H2,1-3H3,(H,27,31)/t21-/m1/s1. The summed E-state index contributed by atoms with van der Waals surface area (Å²) in [5.74, 6) is -0.142. The van der Waals surface area contributed by atoms with Crippen LogP contribution in [-0.2, 0) is 26.2 Å². The van der Waals surface area contributed by atoms with Crippen molar-refractivity contribution in [3.63, 3.8) is 0 Å². The van der Waals surface area contributed by atoms with Crippen molar-refractivity contribution in [1.29, 1.82) is 0 Å². The smallest absolute Gasteiger partial charge is 0.244 e. The lowest BCUT2D eigenvalue weighted by Gasteiger charge is -2.33. The monoisotopic (exact) mass is 537 g/mol. The van der Waals surface area contributed by atoms with E-state index >= 15 is 0 Å². The lowest BCUT2D eigenvalue weighted by atomic mass is 10.1. The van der Waals surface area contributed by atoms with Crippen LogP contribution in [-0.4, -0.2) is 56.8 Å². The summed E-state index contributed by atoms with van der Waals surface area (Å²) < 4.78 is 37.9. The molecule has 2 aromatic rings. The van der Waals surface area contributed by atoms with Gasteiger partial charge in [0.1, 0.15) is 12.6 Å². The average molecular weight is 538 g/mol. The number of nitrogens with zero attached hydrogens (tertiary/aromatic N) is 2. The number of carbonyl (C=O) groups excluding carboxylic acids is 2. The number of rotatable bonds is 12. The molecular weight excluding hydrogens is 506 g/mol. The second kappa shape index (κ2) is 12.3. The molecule has 0 spiro atoms. The van der Waals surface area contributed by atoms with Crippen molar-refractivity contribution < 1.29 is 27.5 Å². The first-order valence-electron chi connectivity index (χ1n) is 11.9. The van der Waals surface area contributed by atoms with Crippen molar-refractivity contribution in [3.8, 4) is 11.5 Å². The zero-order valence-corrected chi connectivity index (χ0v) is 22.3. The Morgan fingerprint density at radius 1 is 1.08 bits per heavy atom. The summed E-state index contributed by atoms with van der Waals surface area (Å²) >= 11 is 6.36. The van der Waals surface area contributed by atoms with Gasteiger partial charge in [0, 0.05) is 24.2 Å². The lowest BCUT2D eigenvalue weighted by Crippen LogP contribution is -2.52. The third-order valence-corrected chi connectivity index (χ3v) is 7.97. The molecule has 11 heteroatoms. The minimum Gasteiger partial charge on any atom is -0.454 e. The predicted molar refractivity (Wildman–Crippen MR) is 139 cm³/mol. The van der Waals surface area contributed by atoms with Gasteiger partial charge in [-0.15, -0.1) is 0 Å². The van der Waals surface area contributed by atoms with Crippen LogP contribution in [0.25, 0.3) is 0 Å². The summed E-state index contributed by atoms with van der Waals surface area (Å²) in [5, 5.41) is 3.30. The van der Waals surface area contributed by atoms with Gasteiger partial charge in [-0.1, -0.05) is 43.6 Å². The normalized spacial score (nSPS) is 13.2. The molecule has 36 heavy (non-hydrogen) atoms. The van der Waals surface area contributed by atoms with E-state index in [0.717, 1.165) is 10.7 Å². The summed E-state index contributed by atoms with van der Waals surface area (Å²) in [6.45, 7) is 5.32. The Kier molecular flexibility index (Phi) is 9.44. The topological polar surface area (TPSA) is 105 Å². The minimum atomic E-state index is -3.84. The van der Waals surface area contributed by atoms with E-state index < -0.39 is 28.5 Å². The third-order valence-electron chi connectivity index (χ3n) is 5.86. The second-order valence-corrected chi connectivity index (χ2v) is 10.9. The van der Waals surface area contributed by atoms with E-state index in [4.69, 9.17) is 21.1 Å². The number of hydrogen-bond acceptors (Lipinski definition) is 6. The number of sulfonamides is 1. The zero-order valence-electron chi connectivity index (χ0n) is 20.7. The van der Waals surface area contributed by atoms with E-state index in [1.54, 1.807) is 36.4 Å². The van der Waals surface area contributed by atoms with Gasteiger partial charge in [-0.25, -0.2) is 8.42 Å². The van der Waals surface area contributed by atoms with Crippen molar-refractivity contribution in [2.75, 3.05) is 29.9 Å². The Labute approximate surface area is 217 Å². The summed E-state index contributed by atoms with van der Waals surface area (Å²) in [6, 6.07) is 11.0. The van der Waals surface area contributed by atoms with Gasteiger partial charge in [0.2, 0.25) is 28.6 Å². The molecule has 2 aromatic carbocycles. The molecule has 9 nitrogen and oxygen atoms in total. The molecule has 0 bridgehead atoms. The maximum absolute atomic E-state index is 13.8. The van der Waals surface area contributed by atoms with Crippen molar-refractivity contribution >= 4 is 39.1 Å². The van der Waals surface area contributed by atoms with Crippen LogP contribution < -0.4 is 19.1 Å². The van der Waals surface area contributed by atoms with Crippen LogP contribution >= 0.6 is 11.6 Å². The molecule has 3 rings (SSSR count). The molecule has 0 saturated carbocycles. The number of halogens is 1. The number of ether oxygens (including phenoxy) is 2. The van der Waals surface area contributed by atoms with Gasteiger partial charge < -0.3 is 19.7 Å². The van der Waals surface area contributed by atoms with E-state index in [1.165, 1.54) is 17.9 Å². The molecule has 196 valence electrons. The first-order valence-corrected chi connectivity index (χ1v) is 13.9. The Bertz CT molecular complexity index is 1190. The fourth-order valence-corrected chi connectivity index (χ4v) is 5.10. The van der Waals surface area contributed by atoms with Gasteiger partial charge >= 0.3 is 0 Å². The van der Waals surface area contributed by atoms with Crippen molar-refractivity contribution in [2.45, 2.75) is 46.2 Å². The molecule has 0 radical (unpaired) electrons. The van der Waals surface area contributed by atoms with Gasteiger partial charge in [0.25, 0.3) is 0 Å². The Morgan fingerprint density at radius 3 is 2.47 bits per heavy atom. The van der Waals surface area contributed by atoms with Gasteiger partial charge in [-0.3, -0.25) is 13.9 Å². The highest BCUT2D eigenvalue weighted by atomic mass is 35.5. The molecule has 0 fully saturated rings. The summed E-state index contributed by atoms with van der Waals surface area (Å²) in [4.78, 5) is 28.1. The molecular formula is C25H32ClN3O6S. The summed E-state index contributed by atoms with van der Waals surface area (Å²) in [7, 11) is -3.84. The summed E-state index contributed by atoms with van der Waals surface area (Å²) in [5.41, 5.74) is 0.929. The average Bonchev–Trinajstić information content (AvgIpc) is 3.34. The number of fused-ring (bicyclic) bond motifs is 1. The molecule has 1 aliphatic heterocycles. The quantitative estimate of drug-likeness (QED) is 0.444. The number of hydrogen-bond donors (Lipinski definition) is 1. The SMILES string of the molecule is CCCNC(=O)[C@@H](CC)N(Cc1ccccc1Cl)C(=O)CN(c1ccc2c(c1)OCO2)S(=O)(=O)CC. The van der Waals surface area contributed by atoms with E-state index in [9.17, 15) is 18.0 Å². The van der Waals surface area contributed by atoms with Crippen LogP contribution in [0.5, 0.6) is 11.5 Å². The molecule has 1 aliphatic rings. The highest BCUT2D eigenvalue weighted by Gasteiger charge is 2.33. The van der Waals surface area contributed by atoms with E-state index in [2.05, 4.69) is 5.32 Å². The first-order chi connectivity index (χ1) is 17.2. The summed E-state index contributed by atoms with van der Waals surface area (Å²) in [6.07, 6.45) is 1.09. The Hall–Kier alpha value is -2.98. The van der Waals surface area contributed by atoms with Gasteiger partial charge in [0.05, 0.1) is 11.4 Å². The van der Waals surface area contributed by atoms with Crippen LogP contribution in [0.2, 0.25) is 5.02 Å². The van der Waals surface area contributed by atoms with Crippen LogP contribution in [0.3, 0.4) is 0 Å². The van der Waals surface area contributed by atoms with Gasteiger partial charge in [-0.05, 0) is 43.5 Å². The second-order valence-electron chi connectivity index (χ2n) is 8.27. The van der Waals surface area contributed by atoms with Crippen LogP contribution in [0.1, 0.15) is 39.2 Å². The first kappa shape index (κ1) is 27.6. The molecule has 0 saturated heterocycles. The van der Waals surface area contributed by atoms with E-state index in [0.29, 0.717) is 35.1 Å². The maximum Gasteiger partial charge on any atom is 0.244 e. The van der Waals surface area contributed by atoms with Crippen molar-refractivity contribution in [1.82, 2.24) is 10.2 Å². The minimum absolute atomic E-state index is 0.0366. The van der Waals surface area contributed by atoms with Gasteiger partial charge in [0.15, 0.2) is 11.5 Å². The third kappa shape index (κ3) is 6.41. The number of amides is 2. The van der Waals surface area contributed by atoms with E-state index in [-0.39, 0.29) is 30.7 Å². The number of carbonyl (C=O) groups is 2. The van der Waals surface area contributed by atoms with Crippen molar-refractivity contribution in [2.24, 2.45) is 0 Å². The highest BCUT2D eigenvalue weighted by Crippen LogP contribution is 2.36. The van der Waals surface area contributed by atoms with Gasteiger partial charge in [-0.2, -0.15) is 0 Å². The molecule has 0 aliphatic carbocycles. The molecule has 1 N–H and O–H groups in total. The molecule has 1 atom stereocenters. The number of nitrogens with one attached hydrogen (secondary N) is 1. The van der Waals surface area contributed by atoms with Crippen LogP contribution in [0.4, 0.5) is 5.69 Å². The largest absolute Gasteiger partial charge is 0.454 e. The zero-order chi connectivity index (χ0) is 26.3.